The van der Waals surface area contributed by atoms with Gasteiger partial charge in [0.15, 0.2) is 6.29 Å². The Morgan fingerprint density at radius 1 is 1.54 bits per heavy atom. The average molecular weight is 191 g/mol. The molecule has 0 radical (unpaired) electrons. The molecular weight excluding hydrogens is 182 g/mol. The maximum Gasteiger partial charge on any atom is 0.151 e. The predicted molar refractivity (Wildman–Crippen MR) is 56.4 cm³/mol. The largest absolute Gasteiger partial charge is 0.398 e. The van der Waals surface area contributed by atoms with Crippen molar-refractivity contribution in [2.75, 3.05) is 5.73 Å². The van der Waals surface area contributed by atoms with E-state index in [1.54, 1.807) is 11.3 Å². The van der Waals surface area contributed by atoms with Crippen LogP contribution in [-0.4, -0.2) is 6.29 Å². The van der Waals surface area contributed by atoms with Gasteiger partial charge in [-0.1, -0.05) is 0 Å². The second-order valence-corrected chi connectivity index (χ2v) is 3.89. The van der Waals surface area contributed by atoms with E-state index in [1.807, 2.05) is 24.4 Å². The topological polar surface area (TPSA) is 43.1 Å². The lowest BCUT2D eigenvalue weighted by Gasteiger charge is -2.03. The van der Waals surface area contributed by atoms with Crippen molar-refractivity contribution in [3.05, 3.63) is 28.6 Å². The molecular formula is C10H9NOS. The summed E-state index contributed by atoms with van der Waals surface area (Å²) in [4.78, 5) is 10.7. The summed E-state index contributed by atoms with van der Waals surface area (Å²) < 4.78 is 0.984. The minimum Gasteiger partial charge on any atom is -0.398 e. The molecule has 13 heavy (non-hydrogen) atoms. The highest BCUT2D eigenvalue weighted by Crippen LogP contribution is 2.31. The summed E-state index contributed by atoms with van der Waals surface area (Å²) in [5.74, 6) is 0. The number of nitrogen functional groups attached to an aromatic ring is 1. The van der Waals surface area contributed by atoms with E-state index in [0.717, 1.165) is 33.2 Å². The van der Waals surface area contributed by atoms with Crippen LogP contribution < -0.4 is 5.73 Å². The van der Waals surface area contributed by atoms with Crippen LogP contribution >= 0.6 is 11.3 Å². The lowest BCUT2D eigenvalue weighted by molar-refractivity contribution is 0.112. The number of benzene rings is 1. The number of hydrogen-bond donors (Lipinski definition) is 1. The number of thiophene rings is 1. The minimum absolute atomic E-state index is 0.733. The van der Waals surface area contributed by atoms with E-state index >= 15 is 0 Å². The smallest absolute Gasteiger partial charge is 0.151 e. The van der Waals surface area contributed by atoms with Gasteiger partial charge in [0.05, 0.1) is 0 Å². The highest BCUT2D eigenvalue weighted by atomic mass is 32.1. The zero-order valence-corrected chi connectivity index (χ0v) is 8.02. The van der Waals surface area contributed by atoms with Crippen LogP contribution in [0.5, 0.6) is 0 Å². The summed E-state index contributed by atoms with van der Waals surface area (Å²) in [6.07, 6.45) is 0.880. The SMILES string of the molecule is Cc1cc(C=O)c2sccc2c1N. The van der Waals surface area contributed by atoms with Crippen LogP contribution in [-0.2, 0) is 0 Å². The van der Waals surface area contributed by atoms with Crippen molar-refractivity contribution in [1.82, 2.24) is 0 Å². The third-order valence-corrected chi connectivity index (χ3v) is 3.10. The summed E-state index contributed by atoms with van der Waals surface area (Å²) >= 11 is 1.55. The monoisotopic (exact) mass is 191 g/mol. The minimum atomic E-state index is 0.733. The van der Waals surface area contributed by atoms with Crippen molar-refractivity contribution in [3.8, 4) is 0 Å². The van der Waals surface area contributed by atoms with E-state index in [4.69, 9.17) is 5.73 Å². The third kappa shape index (κ3) is 1.12. The van der Waals surface area contributed by atoms with Crippen molar-refractivity contribution in [2.45, 2.75) is 6.92 Å². The summed E-state index contributed by atoms with van der Waals surface area (Å²) in [5.41, 5.74) is 8.36. The van der Waals surface area contributed by atoms with Gasteiger partial charge in [0.1, 0.15) is 0 Å². The standard InChI is InChI=1S/C10H9NOS/c1-6-4-7(5-12)10-8(9(6)11)2-3-13-10/h2-5H,11H2,1H3. The van der Waals surface area contributed by atoms with E-state index in [9.17, 15) is 4.79 Å². The molecule has 0 aliphatic heterocycles. The van der Waals surface area contributed by atoms with Gasteiger partial charge in [-0.25, -0.2) is 0 Å². The average Bonchev–Trinajstić information content (AvgIpc) is 2.60. The normalized spacial score (nSPS) is 10.5. The number of hydrogen-bond acceptors (Lipinski definition) is 3. The molecule has 0 unspecified atom stereocenters. The van der Waals surface area contributed by atoms with Crippen LogP contribution in [0.3, 0.4) is 0 Å². The van der Waals surface area contributed by atoms with Crippen molar-refractivity contribution < 1.29 is 4.79 Å². The highest BCUT2D eigenvalue weighted by Gasteiger charge is 2.07. The summed E-state index contributed by atoms with van der Waals surface area (Å²) in [6.45, 7) is 1.92. The number of anilines is 1. The number of carbonyl (C=O) groups excluding carboxylic acids is 1. The van der Waals surface area contributed by atoms with E-state index < -0.39 is 0 Å². The van der Waals surface area contributed by atoms with Gasteiger partial charge in [-0.15, -0.1) is 11.3 Å². The van der Waals surface area contributed by atoms with Crippen molar-refractivity contribution in [1.29, 1.82) is 0 Å². The van der Waals surface area contributed by atoms with E-state index in [1.165, 1.54) is 0 Å². The number of carbonyl (C=O) groups is 1. The van der Waals surface area contributed by atoms with E-state index in [-0.39, 0.29) is 0 Å². The van der Waals surface area contributed by atoms with Crippen LogP contribution in [0.25, 0.3) is 10.1 Å². The molecule has 1 aromatic carbocycles. The van der Waals surface area contributed by atoms with Crippen LogP contribution in [0.4, 0.5) is 5.69 Å². The summed E-state index contributed by atoms with van der Waals surface area (Å²) in [6, 6.07) is 3.79. The molecule has 0 bridgehead atoms. The molecule has 0 spiro atoms. The Labute approximate surface area is 80.0 Å². The fourth-order valence-corrected chi connectivity index (χ4v) is 2.31. The molecule has 0 saturated heterocycles. The molecule has 2 nitrogen and oxygen atoms in total. The molecule has 0 saturated carbocycles. The number of aryl methyl sites for hydroxylation is 1. The van der Waals surface area contributed by atoms with Gasteiger partial charge < -0.3 is 5.73 Å². The molecule has 1 heterocycles. The van der Waals surface area contributed by atoms with Gasteiger partial charge in [-0.05, 0) is 30.0 Å². The van der Waals surface area contributed by atoms with Gasteiger partial charge in [0.2, 0.25) is 0 Å². The number of aldehydes is 1. The Morgan fingerprint density at radius 2 is 2.31 bits per heavy atom. The molecule has 2 aromatic rings. The molecule has 66 valence electrons. The molecule has 0 aliphatic rings. The van der Waals surface area contributed by atoms with Crippen molar-refractivity contribution in [3.63, 3.8) is 0 Å². The highest BCUT2D eigenvalue weighted by molar-refractivity contribution is 7.17. The van der Waals surface area contributed by atoms with Gasteiger partial charge >= 0.3 is 0 Å². The maximum absolute atomic E-state index is 10.7. The molecule has 0 amide bonds. The Hall–Kier alpha value is -1.35. The lowest BCUT2D eigenvalue weighted by atomic mass is 10.1. The van der Waals surface area contributed by atoms with Gasteiger partial charge in [0, 0.05) is 21.3 Å². The van der Waals surface area contributed by atoms with Gasteiger partial charge in [0.25, 0.3) is 0 Å². The second kappa shape index (κ2) is 2.85. The van der Waals surface area contributed by atoms with Crippen LogP contribution in [0, 0.1) is 6.92 Å². The third-order valence-electron chi connectivity index (χ3n) is 2.14. The van der Waals surface area contributed by atoms with E-state index in [0.29, 0.717) is 0 Å². The van der Waals surface area contributed by atoms with Crippen LogP contribution in [0.15, 0.2) is 17.5 Å². The first-order valence-electron chi connectivity index (χ1n) is 3.95. The molecule has 1 aromatic heterocycles. The molecule has 0 aliphatic carbocycles. The first-order chi connectivity index (χ1) is 6.24. The molecule has 2 N–H and O–H groups in total. The van der Waals surface area contributed by atoms with E-state index in [2.05, 4.69) is 0 Å². The zero-order chi connectivity index (χ0) is 9.42. The first kappa shape index (κ1) is 8.26. The van der Waals surface area contributed by atoms with Crippen LogP contribution in [0.1, 0.15) is 15.9 Å². The van der Waals surface area contributed by atoms with Gasteiger partial charge in [-0.3, -0.25) is 4.79 Å². The first-order valence-corrected chi connectivity index (χ1v) is 4.83. The Kier molecular flexibility index (Phi) is 1.81. The fraction of sp³-hybridized carbons (Fsp3) is 0.100. The quantitative estimate of drug-likeness (QED) is 0.556. The Balaban J connectivity index is 2.95. The molecule has 0 fully saturated rings. The molecule has 2 rings (SSSR count). The zero-order valence-electron chi connectivity index (χ0n) is 7.20. The Morgan fingerprint density at radius 3 is 3.00 bits per heavy atom. The predicted octanol–water partition coefficient (Wildman–Crippen LogP) is 2.60. The van der Waals surface area contributed by atoms with Crippen molar-refractivity contribution >= 4 is 33.4 Å². The van der Waals surface area contributed by atoms with Gasteiger partial charge in [-0.2, -0.15) is 0 Å². The lowest BCUT2D eigenvalue weighted by Crippen LogP contribution is -1.92. The maximum atomic E-state index is 10.7. The molecule has 3 heteroatoms. The second-order valence-electron chi connectivity index (χ2n) is 2.98. The Bertz CT molecular complexity index is 473. The number of fused-ring (bicyclic) bond motifs is 1. The van der Waals surface area contributed by atoms with Crippen molar-refractivity contribution in [2.24, 2.45) is 0 Å². The summed E-state index contributed by atoms with van der Waals surface area (Å²) in [5, 5.41) is 2.94. The van der Waals surface area contributed by atoms with Crippen LogP contribution in [0.2, 0.25) is 0 Å². The number of rotatable bonds is 1. The fourth-order valence-electron chi connectivity index (χ4n) is 1.42. The number of nitrogens with two attached hydrogens (primary N) is 1. The summed E-state index contributed by atoms with van der Waals surface area (Å²) in [7, 11) is 0. The molecule has 0 atom stereocenters.